The Morgan fingerprint density at radius 1 is 1.44 bits per heavy atom. The van der Waals surface area contributed by atoms with Gasteiger partial charge in [0.2, 0.25) is 5.78 Å². The molecule has 3 nitrogen and oxygen atoms in total. The van der Waals surface area contributed by atoms with Gasteiger partial charge in [0, 0.05) is 23.1 Å². The fourth-order valence-corrected chi connectivity index (χ4v) is 2.23. The van der Waals surface area contributed by atoms with Gasteiger partial charge >= 0.3 is 0 Å². The van der Waals surface area contributed by atoms with Gasteiger partial charge < -0.3 is 4.74 Å². The first-order valence-corrected chi connectivity index (χ1v) is 5.43. The first-order chi connectivity index (χ1) is 7.69. The molecule has 1 atom stereocenters. The number of carbonyl (C=O) groups excluding carboxylic acids is 2. The molecule has 0 aromatic carbocycles. The minimum atomic E-state index is -0.139. The summed E-state index contributed by atoms with van der Waals surface area (Å²) in [6, 6.07) is 0. The lowest BCUT2D eigenvalue weighted by Crippen LogP contribution is -2.25. The molecule has 3 heteroatoms. The van der Waals surface area contributed by atoms with E-state index >= 15 is 0 Å². The Hall–Kier alpha value is -1.64. The van der Waals surface area contributed by atoms with Crippen LogP contribution in [0.25, 0.3) is 0 Å². The van der Waals surface area contributed by atoms with Gasteiger partial charge in [-0.3, -0.25) is 9.59 Å². The molecule has 0 saturated carbocycles. The second kappa shape index (κ2) is 4.08. The summed E-state index contributed by atoms with van der Waals surface area (Å²) < 4.78 is 4.92. The van der Waals surface area contributed by atoms with Crippen molar-refractivity contribution in [3.63, 3.8) is 0 Å². The van der Waals surface area contributed by atoms with Crippen LogP contribution in [0.4, 0.5) is 0 Å². The number of carbonyl (C=O) groups is 2. The zero-order chi connectivity index (χ0) is 11.7. The number of Topliss-reactive ketones (excluding diaryl/α,β-unsaturated/α-hetero) is 1. The largest absolute Gasteiger partial charge is 0.493 e. The fraction of sp³-hybridized carbons (Fsp3) is 0.385. The van der Waals surface area contributed by atoms with Crippen LogP contribution >= 0.6 is 0 Å². The Labute approximate surface area is 94.5 Å². The number of ether oxygens (including phenoxy) is 1. The molecule has 0 spiro atoms. The van der Waals surface area contributed by atoms with E-state index in [4.69, 9.17) is 4.74 Å². The molecule has 0 saturated heterocycles. The Morgan fingerprint density at radius 3 is 2.81 bits per heavy atom. The summed E-state index contributed by atoms with van der Waals surface area (Å²) in [4.78, 5) is 23.9. The van der Waals surface area contributed by atoms with Gasteiger partial charge in [0.25, 0.3) is 0 Å². The van der Waals surface area contributed by atoms with Crippen molar-refractivity contribution in [2.24, 2.45) is 5.92 Å². The number of hydrogen-bond acceptors (Lipinski definition) is 3. The quantitative estimate of drug-likeness (QED) is 0.525. The predicted octanol–water partition coefficient (Wildman–Crippen LogP) is 1.95. The van der Waals surface area contributed by atoms with Crippen LogP contribution in [-0.2, 0) is 14.3 Å². The monoisotopic (exact) mass is 218 g/mol. The molecule has 2 aliphatic carbocycles. The molecule has 2 aliphatic rings. The van der Waals surface area contributed by atoms with E-state index in [1.165, 1.54) is 13.2 Å². The summed E-state index contributed by atoms with van der Waals surface area (Å²) in [7, 11) is 1.42. The molecular formula is C13H14O3. The van der Waals surface area contributed by atoms with Crippen LogP contribution in [0.5, 0.6) is 0 Å². The number of ketones is 2. The minimum Gasteiger partial charge on any atom is -0.493 e. The fourth-order valence-electron chi connectivity index (χ4n) is 2.23. The number of hydrogen-bond donors (Lipinski definition) is 0. The van der Waals surface area contributed by atoms with Crippen LogP contribution in [0, 0.1) is 5.92 Å². The van der Waals surface area contributed by atoms with Crippen LogP contribution in [0.15, 0.2) is 35.1 Å². The van der Waals surface area contributed by atoms with E-state index in [0.29, 0.717) is 17.6 Å². The highest BCUT2D eigenvalue weighted by atomic mass is 16.5. The molecule has 0 N–H and O–H groups in total. The van der Waals surface area contributed by atoms with Crippen LogP contribution < -0.4 is 0 Å². The number of allylic oxidation sites excluding steroid dienone is 5. The van der Waals surface area contributed by atoms with Crippen molar-refractivity contribution < 1.29 is 14.3 Å². The molecule has 16 heavy (non-hydrogen) atoms. The van der Waals surface area contributed by atoms with Gasteiger partial charge in [-0.1, -0.05) is 19.1 Å². The van der Waals surface area contributed by atoms with Crippen LogP contribution in [-0.4, -0.2) is 18.7 Å². The highest BCUT2D eigenvalue weighted by Crippen LogP contribution is 2.33. The van der Waals surface area contributed by atoms with E-state index in [-0.39, 0.29) is 23.2 Å². The van der Waals surface area contributed by atoms with Crippen molar-refractivity contribution in [3.05, 3.63) is 35.1 Å². The minimum absolute atomic E-state index is 0.0786. The van der Waals surface area contributed by atoms with Crippen LogP contribution in [0.2, 0.25) is 0 Å². The standard InChI is InChI=1S/C13H14O3/c1-3-8-5-4-6-9-12(8)10(14)7-11(16-2)13(9)15/h4-5,7-8H,3,6H2,1-2H3/t8-/m1/s1. The molecule has 0 aromatic rings. The summed E-state index contributed by atoms with van der Waals surface area (Å²) in [6.07, 6.45) is 6.65. The van der Waals surface area contributed by atoms with E-state index in [9.17, 15) is 9.59 Å². The van der Waals surface area contributed by atoms with E-state index in [1.807, 2.05) is 19.1 Å². The third-order valence-electron chi connectivity index (χ3n) is 3.07. The van der Waals surface area contributed by atoms with Crippen LogP contribution in [0.3, 0.4) is 0 Å². The van der Waals surface area contributed by atoms with Gasteiger partial charge in [-0.25, -0.2) is 0 Å². The third-order valence-corrected chi connectivity index (χ3v) is 3.07. The SMILES string of the molecule is CC[C@@H]1C=CCC2=C1C(=O)C=C(OC)C2=O. The molecule has 0 unspecified atom stereocenters. The number of methoxy groups -OCH3 is 1. The summed E-state index contributed by atoms with van der Waals surface area (Å²) in [6.45, 7) is 2.01. The molecule has 0 bridgehead atoms. The molecular weight excluding hydrogens is 204 g/mol. The molecule has 0 aliphatic heterocycles. The highest BCUT2D eigenvalue weighted by molar-refractivity contribution is 6.22. The van der Waals surface area contributed by atoms with Gasteiger partial charge in [0.1, 0.15) is 0 Å². The third kappa shape index (κ3) is 1.52. The summed E-state index contributed by atoms with van der Waals surface area (Å²) in [5.74, 6) is 0.0197. The van der Waals surface area contributed by atoms with Crippen molar-refractivity contribution in [1.82, 2.24) is 0 Å². The normalized spacial score (nSPS) is 24.4. The Bertz CT molecular complexity index is 438. The van der Waals surface area contributed by atoms with Gasteiger partial charge in [0.15, 0.2) is 11.5 Å². The maximum Gasteiger partial charge on any atom is 0.224 e. The zero-order valence-corrected chi connectivity index (χ0v) is 9.45. The molecule has 2 rings (SSSR count). The maximum atomic E-state index is 12.0. The molecule has 0 amide bonds. The van der Waals surface area contributed by atoms with Gasteiger partial charge in [-0.15, -0.1) is 0 Å². The Balaban J connectivity index is 2.45. The molecule has 0 radical (unpaired) electrons. The predicted molar refractivity (Wildman–Crippen MR) is 59.7 cm³/mol. The van der Waals surface area contributed by atoms with Crippen molar-refractivity contribution in [2.75, 3.05) is 7.11 Å². The van der Waals surface area contributed by atoms with Gasteiger partial charge in [0.05, 0.1) is 7.11 Å². The molecule has 0 fully saturated rings. The van der Waals surface area contributed by atoms with Gasteiger partial charge in [-0.2, -0.15) is 0 Å². The summed E-state index contributed by atoms with van der Waals surface area (Å²) in [5, 5.41) is 0. The first kappa shape index (κ1) is 10.9. The van der Waals surface area contributed by atoms with E-state index < -0.39 is 0 Å². The van der Waals surface area contributed by atoms with Gasteiger partial charge in [-0.05, 0) is 12.8 Å². The van der Waals surface area contributed by atoms with E-state index in [2.05, 4.69) is 0 Å². The smallest absolute Gasteiger partial charge is 0.224 e. The molecule has 0 heterocycles. The van der Waals surface area contributed by atoms with Crippen molar-refractivity contribution >= 4 is 11.6 Å². The lowest BCUT2D eigenvalue weighted by atomic mass is 9.79. The average Bonchev–Trinajstić information content (AvgIpc) is 2.32. The van der Waals surface area contributed by atoms with E-state index in [0.717, 1.165) is 6.42 Å². The Kier molecular flexibility index (Phi) is 2.77. The Morgan fingerprint density at radius 2 is 2.19 bits per heavy atom. The first-order valence-electron chi connectivity index (χ1n) is 5.43. The average molecular weight is 218 g/mol. The molecule has 84 valence electrons. The lowest BCUT2D eigenvalue weighted by Gasteiger charge is -2.24. The van der Waals surface area contributed by atoms with Crippen molar-refractivity contribution in [3.8, 4) is 0 Å². The lowest BCUT2D eigenvalue weighted by molar-refractivity contribution is -0.118. The van der Waals surface area contributed by atoms with Crippen LogP contribution in [0.1, 0.15) is 19.8 Å². The summed E-state index contributed by atoms with van der Waals surface area (Å²) in [5.41, 5.74) is 1.27. The maximum absolute atomic E-state index is 12.0. The highest BCUT2D eigenvalue weighted by Gasteiger charge is 2.32. The second-order valence-corrected chi connectivity index (χ2v) is 3.95. The van der Waals surface area contributed by atoms with Crippen molar-refractivity contribution in [2.45, 2.75) is 19.8 Å². The number of rotatable bonds is 2. The van der Waals surface area contributed by atoms with Crippen molar-refractivity contribution in [1.29, 1.82) is 0 Å². The van der Waals surface area contributed by atoms with E-state index in [1.54, 1.807) is 0 Å². The summed E-state index contributed by atoms with van der Waals surface area (Å²) >= 11 is 0. The molecule has 0 aromatic heterocycles. The topological polar surface area (TPSA) is 43.4 Å². The zero-order valence-electron chi connectivity index (χ0n) is 9.45. The second-order valence-electron chi connectivity index (χ2n) is 3.95.